The zero-order chi connectivity index (χ0) is 8.85. The molecule has 0 bridgehead atoms. The van der Waals surface area contributed by atoms with Gasteiger partial charge in [-0.3, -0.25) is 4.79 Å². The van der Waals surface area contributed by atoms with E-state index in [0.29, 0.717) is 6.54 Å². The van der Waals surface area contributed by atoms with Gasteiger partial charge < -0.3 is 9.64 Å². The molecule has 0 aromatic rings. The van der Waals surface area contributed by atoms with Crippen LogP contribution in [-0.2, 0) is 9.53 Å². The molecule has 0 spiro atoms. The first-order valence-electron chi connectivity index (χ1n) is 3.98. The lowest BCUT2D eigenvalue weighted by atomic mass is 10.4. The van der Waals surface area contributed by atoms with Crippen molar-refractivity contribution in [2.24, 2.45) is 0 Å². The van der Waals surface area contributed by atoms with Crippen molar-refractivity contribution in [3.8, 4) is 0 Å². The summed E-state index contributed by atoms with van der Waals surface area (Å²) in [6, 6.07) is 0. The molecule has 3 heteroatoms. The van der Waals surface area contributed by atoms with Crippen molar-refractivity contribution in [1.29, 1.82) is 0 Å². The third-order valence-electron chi connectivity index (χ3n) is 1.44. The Labute approximate surface area is 68.3 Å². The van der Waals surface area contributed by atoms with E-state index >= 15 is 0 Å². The molecule has 0 rings (SSSR count). The van der Waals surface area contributed by atoms with Gasteiger partial charge in [0.1, 0.15) is 6.23 Å². The first-order chi connectivity index (χ1) is 5.11. The van der Waals surface area contributed by atoms with Gasteiger partial charge in [0.05, 0.1) is 6.10 Å². The number of amides is 1. The Bertz CT molecular complexity index is 115. The summed E-state index contributed by atoms with van der Waals surface area (Å²) in [6.07, 6.45) is 0.865. The van der Waals surface area contributed by atoms with E-state index in [1.165, 1.54) is 0 Å². The highest BCUT2D eigenvalue weighted by Gasteiger charge is 2.10. The van der Waals surface area contributed by atoms with E-state index in [1.54, 1.807) is 4.90 Å². The lowest BCUT2D eigenvalue weighted by molar-refractivity contribution is -0.134. The molecule has 0 aliphatic rings. The van der Waals surface area contributed by atoms with Crippen molar-refractivity contribution in [1.82, 2.24) is 4.90 Å². The fourth-order valence-corrected chi connectivity index (χ4v) is 0.889. The minimum atomic E-state index is -0.113. The zero-order valence-electron chi connectivity index (χ0n) is 7.70. The van der Waals surface area contributed by atoms with E-state index < -0.39 is 0 Å². The summed E-state index contributed by atoms with van der Waals surface area (Å²) >= 11 is 0. The molecule has 1 atom stereocenters. The van der Waals surface area contributed by atoms with Gasteiger partial charge in [-0.25, -0.2) is 0 Å². The number of hydrogen-bond acceptors (Lipinski definition) is 2. The highest BCUT2D eigenvalue weighted by Crippen LogP contribution is 2.00. The SMILES string of the molecule is CCN(C=O)C(C)OC(C)C. The van der Waals surface area contributed by atoms with Crippen molar-refractivity contribution in [2.45, 2.75) is 40.0 Å². The molecule has 0 radical (unpaired) electrons. The summed E-state index contributed by atoms with van der Waals surface area (Å²) in [5, 5.41) is 0. The van der Waals surface area contributed by atoms with E-state index in [1.807, 2.05) is 27.7 Å². The maximum absolute atomic E-state index is 10.4. The summed E-state index contributed by atoms with van der Waals surface area (Å²) in [5.41, 5.74) is 0. The van der Waals surface area contributed by atoms with Gasteiger partial charge in [-0.1, -0.05) is 0 Å². The highest BCUT2D eigenvalue weighted by molar-refractivity contribution is 5.47. The molecule has 11 heavy (non-hydrogen) atoms. The zero-order valence-corrected chi connectivity index (χ0v) is 7.70. The fourth-order valence-electron chi connectivity index (χ4n) is 0.889. The monoisotopic (exact) mass is 159 g/mol. The molecule has 66 valence electrons. The largest absolute Gasteiger partial charge is 0.356 e. The highest BCUT2D eigenvalue weighted by atomic mass is 16.5. The normalized spacial score (nSPS) is 13.2. The van der Waals surface area contributed by atoms with Crippen LogP contribution in [0.5, 0.6) is 0 Å². The molecular formula is C8H17NO2. The van der Waals surface area contributed by atoms with Gasteiger partial charge >= 0.3 is 0 Å². The third kappa shape index (κ3) is 3.98. The first kappa shape index (κ1) is 10.4. The Balaban J connectivity index is 3.78. The average Bonchev–Trinajstić information content (AvgIpc) is 1.88. The Kier molecular flexibility index (Phi) is 4.86. The topological polar surface area (TPSA) is 29.5 Å². The van der Waals surface area contributed by atoms with Crippen LogP contribution < -0.4 is 0 Å². The summed E-state index contributed by atoms with van der Waals surface area (Å²) in [5.74, 6) is 0. The van der Waals surface area contributed by atoms with Gasteiger partial charge in [0.25, 0.3) is 0 Å². The van der Waals surface area contributed by atoms with Crippen LogP contribution in [0, 0.1) is 0 Å². The number of rotatable bonds is 5. The van der Waals surface area contributed by atoms with Gasteiger partial charge in [0.15, 0.2) is 0 Å². The summed E-state index contributed by atoms with van der Waals surface area (Å²) < 4.78 is 5.39. The van der Waals surface area contributed by atoms with Crippen LogP contribution in [0.3, 0.4) is 0 Å². The van der Waals surface area contributed by atoms with Crippen molar-refractivity contribution in [3.63, 3.8) is 0 Å². The van der Waals surface area contributed by atoms with E-state index in [-0.39, 0.29) is 12.3 Å². The smallest absolute Gasteiger partial charge is 0.211 e. The standard InChI is InChI=1S/C8H17NO2/c1-5-9(6-10)8(4)11-7(2)3/h6-8H,5H2,1-4H3. The average molecular weight is 159 g/mol. The molecular weight excluding hydrogens is 142 g/mol. The molecule has 0 aromatic heterocycles. The Morgan fingerprint density at radius 3 is 2.27 bits per heavy atom. The summed E-state index contributed by atoms with van der Waals surface area (Å²) in [7, 11) is 0. The van der Waals surface area contributed by atoms with Gasteiger partial charge in [0, 0.05) is 6.54 Å². The lowest BCUT2D eigenvalue weighted by Gasteiger charge is -2.25. The quantitative estimate of drug-likeness (QED) is 0.446. The Morgan fingerprint density at radius 1 is 1.45 bits per heavy atom. The van der Waals surface area contributed by atoms with Crippen LogP contribution in [0.15, 0.2) is 0 Å². The van der Waals surface area contributed by atoms with Crippen LogP contribution in [0.1, 0.15) is 27.7 Å². The van der Waals surface area contributed by atoms with Crippen LogP contribution in [-0.4, -0.2) is 30.2 Å². The number of carbonyl (C=O) groups is 1. The first-order valence-corrected chi connectivity index (χ1v) is 3.98. The second-order valence-corrected chi connectivity index (χ2v) is 2.72. The van der Waals surface area contributed by atoms with Crippen molar-refractivity contribution >= 4 is 6.41 Å². The van der Waals surface area contributed by atoms with Crippen molar-refractivity contribution < 1.29 is 9.53 Å². The maximum Gasteiger partial charge on any atom is 0.211 e. The van der Waals surface area contributed by atoms with Crippen molar-refractivity contribution in [2.75, 3.05) is 6.54 Å². The Hall–Kier alpha value is -0.570. The summed E-state index contributed by atoms with van der Waals surface area (Å²) in [6.45, 7) is 8.40. The second kappa shape index (κ2) is 5.13. The second-order valence-electron chi connectivity index (χ2n) is 2.72. The molecule has 0 heterocycles. The minimum absolute atomic E-state index is 0.113. The van der Waals surface area contributed by atoms with Gasteiger partial charge in [-0.05, 0) is 27.7 Å². The van der Waals surface area contributed by atoms with Crippen LogP contribution in [0.2, 0.25) is 0 Å². The van der Waals surface area contributed by atoms with Gasteiger partial charge in [0.2, 0.25) is 6.41 Å². The molecule has 0 aliphatic carbocycles. The van der Waals surface area contributed by atoms with Gasteiger partial charge in [-0.15, -0.1) is 0 Å². The molecule has 0 N–H and O–H groups in total. The molecule has 0 saturated carbocycles. The number of nitrogens with zero attached hydrogens (tertiary/aromatic N) is 1. The van der Waals surface area contributed by atoms with E-state index in [4.69, 9.17) is 4.74 Å². The lowest BCUT2D eigenvalue weighted by Crippen LogP contribution is -2.35. The predicted molar refractivity (Wildman–Crippen MR) is 44.1 cm³/mol. The predicted octanol–water partition coefficient (Wildman–Crippen LogP) is 1.24. The van der Waals surface area contributed by atoms with E-state index in [2.05, 4.69) is 0 Å². The van der Waals surface area contributed by atoms with Crippen LogP contribution in [0.4, 0.5) is 0 Å². The maximum atomic E-state index is 10.4. The number of ether oxygens (including phenoxy) is 1. The van der Waals surface area contributed by atoms with E-state index in [9.17, 15) is 4.79 Å². The number of hydrogen-bond donors (Lipinski definition) is 0. The Morgan fingerprint density at radius 2 is 2.00 bits per heavy atom. The van der Waals surface area contributed by atoms with Crippen LogP contribution >= 0.6 is 0 Å². The minimum Gasteiger partial charge on any atom is -0.356 e. The molecule has 0 aliphatic heterocycles. The van der Waals surface area contributed by atoms with Gasteiger partial charge in [-0.2, -0.15) is 0 Å². The third-order valence-corrected chi connectivity index (χ3v) is 1.44. The van der Waals surface area contributed by atoms with E-state index in [0.717, 1.165) is 6.41 Å². The molecule has 0 fully saturated rings. The molecule has 0 saturated heterocycles. The summed E-state index contributed by atoms with van der Waals surface area (Å²) in [4.78, 5) is 12.0. The number of carbonyl (C=O) groups excluding carboxylic acids is 1. The molecule has 0 aromatic carbocycles. The van der Waals surface area contributed by atoms with Crippen molar-refractivity contribution in [3.05, 3.63) is 0 Å². The molecule has 1 amide bonds. The molecule has 1 unspecified atom stereocenters. The molecule has 3 nitrogen and oxygen atoms in total. The fraction of sp³-hybridized carbons (Fsp3) is 0.875. The van der Waals surface area contributed by atoms with Crippen LogP contribution in [0.25, 0.3) is 0 Å².